The minimum Gasteiger partial charge on any atom is -0.320 e. The Morgan fingerprint density at radius 3 is 2.19 bits per heavy atom. The van der Waals surface area contributed by atoms with Crippen molar-refractivity contribution in [3.63, 3.8) is 0 Å². The van der Waals surface area contributed by atoms with E-state index < -0.39 is 13.8 Å². The van der Waals surface area contributed by atoms with E-state index in [0.29, 0.717) is 0 Å². The molecule has 0 unspecified atom stereocenters. The summed E-state index contributed by atoms with van der Waals surface area (Å²) >= 11 is 8.87. The van der Waals surface area contributed by atoms with E-state index in [1.807, 2.05) is 17.8 Å². The molecule has 0 aliphatic carbocycles. The quantitative estimate of drug-likeness (QED) is 0.256. The molecule has 0 bridgehead atoms. The summed E-state index contributed by atoms with van der Waals surface area (Å²) in [4.78, 5) is 14.9. The van der Waals surface area contributed by atoms with Crippen LogP contribution in [0.5, 0.6) is 0 Å². The van der Waals surface area contributed by atoms with Gasteiger partial charge < -0.3 is 9.79 Å². The Morgan fingerprint density at radius 2 is 1.69 bits per heavy atom. The number of alkyl halides is 2. The van der Waals surface area contributed by atoms with Gasteiger partial charge in [0.2, 0.25) is 0 Å². The second kappa shape index (κ2) is 13.9. The van der Waals surface area contributed by atoms with Gasteiger partial charge in [-0.25, -0.2) is 0 Å². The van der Waals surface area contributed by atoms with Gasteiger partial charge in [-0.05, 0) is 29.9 Å². The minimum absolute atomic E-state index is 0. The maximum Gasteiger partial charge on any atom is 1.00 e. The first-order valence-corrected chi connectivity index (χ1v) is 11.4. The molecule has 2 aromatic rings. The fourth-order valence-electron chi connectivity index (χ4n) is 1.60. The van der Waals surface area contributed by atoms with Gasteiger partial charge in [-0.2, -0.15) is 50.4 Å². The molecule has 26 heavy (non-hydrogen) atoms. The number of hydrogen-bond acceptors (Lipinski definition) is 2. The summed E-state index contributed by atoms with van der Waals surface area (Å²) in [5.74, 6) is 2.22. The smallest absolute Gasteiger partial charge is 0.320 e. The summed E-state index contributed by atoms with van der Waals surface area (Å²) in [5, 5.41) is 0. The van der Waals surface area contributed by atoms with E-state index in [1.54, 1.807) is 0 Å². The molecule has 0 saturated heterocycles. The number of rotatable bonds is 6. The standard InChI is InChI=1S/C15H13Br2S.CH3F2O3P.Na/c16-14-6-4-13(5-7-14)11-18-9-8-12-2-1-3-15(17)10-12;2-1(3)7(4,5)6;/h1-2,4-7,10H,8-9,11H2;1H,(H2,4,5,6);/q-1;;+1. The van der Waals surface area contributed by atoms with Crippen LogP contribution in [0.1, 0.15) is 11.1 Å². The average molecular weight is 540 g/mol. The fraction of sp³-hybridized carbons (Fsp3) is 0.250. The van der Waals surface area contributed by atoms with Crippen molar-refractivity contribution in [1.29, 1.82) is 0 Å². The van der Waals surface area contributed by atoms with Crippen LogP contribution in [-0.2, 0) is 16.7 Å². The molecular weight excluding hydrogens is 524 g/mol. The van der Waals surface area contributed by atoms with E-state index in [0.717, 1.165) is 26.9 Å². The van der Waals surface area contributed by atoms with Crippen LogP contribution in [0.4, 0.5) is 8.78 Å². The van der Waals surface area contributed by atoms with E-state index in [9.17, 15) is 13.3 Å². The van der Waals surface area contributed by atoms with E-state index in [-0.39, 0.29) is 29.6 Å². The molecular formula is C16H16Br2F2NaO3PS. The predicted octanol–water partition coefficient (Wildman–Crippen LogP) is 2.88. The third-order valence-corrected chi connectivity index (χ3v) is 5.33. The molecule has 10 heteroatoms. The van der Waals surface area contributed by atoms with E-state index in [4.69, 9.17) is 9.79 Å². The second-order valence-corrected chi connectivity index (χ2v) is 9.28. The number of benzene rings is 2. The Hall–Kier alpha value is 0.760. The van der Waals surface area contributed by atoms with Crippen LogP contribution in [0.25, 0.3) is 0 Å². The van der Waals surface area contributed by atoms with Crippen molar-refractivity contribution in [2.45, 2.75) is 18.3 Å². The first-order chi connectivity index (χ1) is 11.7. The largest absolute Gasteiger partial charge is 1.00 e. The normalized spacial score (nSPS) is 10.7. The Labute approximate surface area is 195 Å². The van der Waals surface area contributed by atoms with Gasteiger partial charge in [0, 0.05) is 10.2 Å². The van der Waals surface area contributed by atoms with Crippen molar-refractivity contribution in [3.8, 4) is 0 Å². The summed E-state index contributed by atoms with van der Waals surface area (Å²) in [6.45, 7) is 0. The van der Waals surface area contributed by atoms with Crippen LogP contribution in [0.15, 0.2) is 51.4 Å². The number of hydrogen-bond donors (Lipinski definition) is 2. The molecule has 138 valence electrons. The van der Waals surface area contributed by atoms with Crippen molar-refractivity contribution in [2.24, 2.45) is 0 Å². The van der Waals surface area contributed by atoms with Gasteiger partial charge in [0.25, 0.3) is 0 Å². The van der Waals surface area contributed by atoms with Crippen molar-refractivity contribution >= 4 is 51.2 Å². The molecule has 0 heterocycles. The summed E-state index contributed by atoms with van der Waals surface area (Å²) in [6.07, 6.45) is -2.43. The Kier molecular flexibility index (Phi) is 14.3. The van der Waals surface area contributed by atoms with Crippen LogP contribution >= 0.6 is 51.2 Å². The summed E-state index contributed by atoms with van der Waals surface area (Å²) in [6, 6.07) is 17.9. The van der Waals surface area contributed by atoms with Crippen LogP contribution < -0.4 is 29.6 Å². The number of halogens is 4. The molecule has 0 radical (unpaired) electrons. The monoisotopic (exact) mass is 538 g/mol. The van der Waals surface area contributed by atoms with Gasteiger partial charge in [-0.1, -0.05) is 48.5 Å². The zero-order valence-electron chi connectivity index (χ0n) is 13.9. The fourth-order valence-corrected chi connectivity index (χ4v) is 3.24. The topological polar surface area (TPSA) is 57.5 Å². The second-order valence-electron chi connectivity index (χ2n) is 4.84. The van der Waals surface area contributed by atoms with E-state index in [2.05, 4.69) is 74.3 Å². The van der Waals surface area contributed by atoms with E-state index >= 15 is 0 Å². The van der Waals surface area contributed by atoms with Crippen molar-refractivity contribution in [2.75, 3.05) is 5.75 Å². The predicted molar refractivity (Wildman–Crippen MR) is 105 cm³/mol. The van der Waals surface area contributed by atoms with E-state index in [1.165, 1.54) is 11.1 Å². The Balaban J connectivity index is 0.000000673. The van der Waals surface area contributed by atoms with Crippen LogP contribution in [-0.4, -0.2) is 21.7 Å². The molecule has 0 aromatic heterocycles. The third kappa shape index (κ3) is 12.3. The number of aryl methyl sites for hydroxylation is 1. The molecule has 2 N–H and O–H groups in total. The molecule has 0 fully saturated rings. The molecule has 0 saturated carbocycles. The van der Waals surface area contributed by atoms with Gasteiger partial charge in [-0.15, -0.1) is 0 Å². The van der Waals surface area contributed by atoms with Crippen LogP contribution in [0.3, 0.4) is 0 Å². The molecule has 0 amide bonds. The molecule has 0 spiro atoms. The van der Waals surface area contributed by atoms with Gasteiger partial charge in [0.15, 0.2) is 0 Å². The van der Waals surface area contributed by atoms with Gasteiger partial charge in [-0.3, -0.25) is 4.57 Å². The van der Waals surface area contributed by atoms with Gasteiger partial charge >= 0.3 is 43.3 Å². The molecule has 0 aliphatic rings. The minimum atomic E-state index is -5.07. The SMILES string of the molecule is Brc1[c-]ccc(CCSCc2ccc(Br)cc2)c1.O=P(O)(O)C(F)F.[Na+]. The van der Waals surface area contributed by atoms with Crippen LogP contribution in [0.2, 0.25) is 0 Å². The van der Waals surface area contributed by atoms with Crippen molar-refractivity contribution in [3.05, 3.63) is 68.6 Å². The molecule has 0 atom stereocenters. The Bertz CT molecular complexity index is 702. The van der Waals surface area contributed by atoms with Gasteiger partial charge in [0.05, 0.1) is 0 Å². The molecule has 3 nitrogen and oxygen atoms in total. The molecule has 2 aromatic carbocycles. The third-order valence-electron chi connectivity index (χ3n) is 2.80. The first-order valence-electron chi connectivity index (χ1n) is 7.00. The van der Waals surface area contributed by atoms with Crippen molar-refractivity contribution in [1.82, 2.24) is 0 Å². The zero-order chi connectivity index (χ0) is 18.9. The molecule has 0 aliphatic heterocycles. The molecule has 2 rings (SSSR count). The average Bonchev–Trinajstić information content (AvgIpc) is 2.53. The van der Waals surface area contributed by atoms with Gasteiger partial charge in [0.1, 0.15) is 0 Å². The van der Waals surface area contributed by atoms with Crippen LogP contribution in [0, 0.1) is 6.07 Å². The summed E-state index contributed by atoms with van der Waals surface area (Å²) in [5.41, 5.74) is 2.75. The first kappa shape index (κ1) is 26.8. The van der Waals surface area contributed by atoms with Crippen molar-refractivity contribution < 1.29 is 52.7 Å². The maximum atomic E-state index is 10.8. The number of thioether (sulfide) groups is 1. The maximum absolute atomic E-state index is 10.8. The Morgan fingerprint density at radius 1 is 1.12 bits per heavy atom. The summed E-state index contributed by atoms with van der Waals surface area (Å²) < 4.78 is 33.0. The summed E-state index contributed by atoms with van der Waals surface area (Å²) in [7, 11) is -5.07. The zero-order valence-corrected chi connectivity index (χ0v) is 20.8.